The Hall–Kier alpha value is -8.16. The van der Waals surface area contributed by atoms with Crippen molar-refractivity contribution < 1.29 is 80.7 Å². The van der Waals surface area contributed by atoms with E-state index in [0.29, 0.717) is 24.2 Å². The molecule has 0 aliphatic carbocycles. The summed E-state index contributed by atoms with van der Waals surface area (Å²) >= 11 is 0. The second-order valence-electron chi connectivity index (χ2n) is 18.7. The third-order valence-electron chi connectivity index (χ3n) is 9.69. The molecule has 0 fully saturated rings. The highest BCUT2D eigenvalue weighted by atomic mass is 19.1. The second-order valence-corrected chi connectivity index (χ2v) is 18.7. The number of ether oxygens (including phenoxy) is 2. The molecule has 0 aromatic heterocycles. The summed E-state index contributed by atoms with van der Waals surface area (Å²) in [6.07, 6.45) is -4.92. The van der Waals surface area contributed by atoms with E-state index in [1.807, 2.05) is 23.5 Å². The van der Waals surface area contributed by atoms with Gasteiger partial charge in [0.25, 0.3) is 11.8 Å². The Bertz CT molecular complexity index is 2580. The average molecular weight is 1100 g/mol. The first kappa shape index (κ1) is 67.9. The number of rotatable bonds is 19. The van der Waals surface area contributed by atoms with Crippen LogP contribution in [0.1, 0.15) is 109 Å². The number of hydrogen-bond donors (Lipinski definition) is 11. The maximum atomic E-state index is 13.4. The molecule has 0 aliphatic heterocycles. The number of hydrogen-bond acceptors (Lipinski definition) is 13. The second kappa shape index (κ2) is 32.4. The van der Waals surface area contributed by atoms with E-state index in [2.05, 4.69) is 31.9 Å². The van der Waals surface area contributed by atoms with Crippen molar-refractivity contribution in [1.29, 1.82) is 0 Å². The summed E-state index contributed by atoms with van der Waals surface area (Å²) in [5.74, 6) is -8.86. The molecule has 2 unspecified atom stereocenters. The lowest BCUT2D eigenvalue weighted by Gasteiger charge is -2.23. The predicted molar refractivity (Wildman–Crippen MR) is 277 cm³/mol. The SMILES string of the molecule is C.CC(C)(C)OC(=O)NCCNC(=O)[C@@H](N)c1ccccc1.C[C@H](NC(=O)C(O)c1cc(F)cc(F)c1)C(=O)N[C@H](C(=O)NCCNC(=O)OC(C)(C)C)c1ccccc1.C[C@H](NC(=O)C(O)c1cc(F)cc(F)c1)C(=O)O. The number of aliphatic hydroxyl groups excluding tert-OH is 2. The fourth-order valence-corrected chi connectivity index (χ4v) is 6.05. The molecule has 21 nitrogen and oxygen atoms in total. The number of aliphatic carboxylic acids is 1. The number of nitrogens with one attached hydrogen (secondary N) is 7. The molecule has 0 bridgehead atoms. The van der Waals surface area contributed by atoms with Crippen molar-refractivity contribution in [2.24, 2.45) is 5.73 Å². The first-order valence-corrected chi connectivity index (χ1v) is 23.6. The number of nitrogens with two attached hydrogens (primary N) is 1. The summed E-state index contributed by atoms with van der Waals surface area (Å²) in [7, 11) is 0. The van der Waals surface area contributed by atoms with Crippen molar-refractivity contribution in [3.63, 3.8) is 0 Å². The number of amides is 7. The first-order valence-electron chi connectivity index (χ1n) is 23.6. The molecule has 0 spiro atoms. The lowest BCUT2D eigenvalue weighted by atomic mass is 10.1. The Morgan fingerprint density at radius 2 is 0.833 bits per heavy atom. The number of carbonyl (C=O) groups excluding carboxylic acids is 7. The largest absolute Gasteiger partial charge is 0.480 e. The zero-order chi connectivity index (χ0) is 58.2. The van der Waals surface area contributed by atoms with E-state index < -0.39 is 113 Å². The van der Waals surface area contributed by atoms with Gasteiger partial charge in [-0.3, -0.25) is 28.8 Å². The van der Waals surface area contributed by atoms with Gasteiger partial charge in [-0.05, 0) is 102 Å². The molecule has 0 saturated carbocycles. The molecule has 0 heterocycles. The summed E-state index contributed by atoms with van der Waals surface area (Å²) in [4.78, 5) is 94.9. The molecule has 7 amide bonds. The zero-order valence-electron chi connectivity index (χ0n) is 43.5. The van der Waals surface area contributed by atoms with Crippen LogP contribution in [-0.2, 0) is 38.2 Å². The number of aliphatic hydroxyl groups is 2. The van der Waals surface area contributed by atoms with Gasteiger partial charge in [-0.25, -0.2) is 27.2 Å². The highest BCUT2D eigenvalue weighted by Gasteiger charge is 2.29. The molecule has 4 aromatic carbocycles. The molecular formula is C53H70F4N8O13. The fourth-order valence-electron chi connectivity index (χ4n) is 6.05. The Morgan fingerprint density at radius 3 is 1.21 bits per heavy atom. The maximum absolute atomic E-state index is 13.4. The molecule has 78 heavy (non-hydrogen) atoms. The molecule has 25 heteroatoms. The summed E-state index contributed by atoms with van der Waals surface area (Å²) in [5.41, 5.74) is 5.21. The minimum absolute atomic E-state index is 0. The minimum atomic E-state index is -1.93. The van der Waals surface area contributed by atoms with Crippen molar-refractivity contribution in [2.45, 2.75) is 110 Å². The van der Waals surface area contributed by atoms with E-state index in [-0.39, 0.29) is 44.1 Å². The number of carboxylic acid groups (broad SMARTS) is 1. The van der Waals surface area contributed by atoms with Gasteiger partial charge in [-0.1, -0.05) is 68.1 Å². The summed E-state index contributed by atoms with van der Waals surface area (Å²) in [6, 6.07) is 17.5. The monoisotopic (exact) mass is 1100 g/mol. The van der Waals surface area contributed by atoms with Gasteiger partial charge in [0.2, 0.25) is 17.7 Å². The van der Waals surface area contributed by atoms with Crippen LogP contribution >= 0.6 is 0 Å². The van der Waals surface area contributed by atoms with Crippen LogP contribution in [0, 0.1) is 23.3 Å². The molecule has 0 aliphatic rings. The van der Waals surface area contributed by atoms with Crippen LogP contribution in [0.3, 0.4) is 0 Å². The van der Waals surface area contributed by atoms with Crippen LogP contribution in [0.25, 0.3) is 0 Å². The normalized spacial score (nSPS) is 13.1. The molecule has 428 valence electrons. The van der Waals surface area contributed by atoms with Gasteiger partial charge in [0, 0.05) is 38.3 Å². The van der Waals surface area contributed by atoms with Crippen molar-refractivity contribution >= 4 is 47.7 Å². The summed E-state index contributed by atoms with van der Waals surface area (Å²) < 4.78 is 62.8. The Morgan fingerprint density at radius 1 is 0.487 bits per heavy atom. The van der Waals surface area contributed by atoms with Crippen LogP contribution in [0.5, 0.6) is 0 Å². The van der Waals surface area contributed by atoms with E-state index in [4.69, 9.17) is 20.3 Å². The molecule has 4 rings (SSSR count). The highest BCUT2D eigenvalue weighted by molar-refractivity contribution is 5.93. The van der Waals surface area contributed by atoms with Crippen molar-refractivity contribution in [2.75, 3.05) is 26.2 Å². The number of alkyl carbamates (subject to hydrolysis) is 2. The van der Waals surface area contributed by atoms with Crippen molar-refractivity contribution in [3.05, 3.63) is 143 Å². The molecule has 6 atom stereocenters. The highest BCUT2D eigenvalue weighted by Crippen LogP contribution is 2.19. The maximum Gasteiger partial charge on any atom is 0.407 e. The van der Waals surface area contributed by atoms with Gasteiger partial charge in [-0.2, -0.15) is 0 Å². The van der Waals surface area contributed by atoms with Gasteiger partial charge in [0.05, 0.1) is 0 Å². The van der Waals surface area contributed by atoms with E-state index in [9.17, 15) is 66.1 Å². The molecule has 0 radical (unpaired) electrons. The minimum Gasteiger partial charge on any atom is -0.480 e. The number of carboxylic acids is 1. The Labute approximate surface area is 449 Å². The topological polar surface area (TPSA) is 326 Å². The zero-order valence-corrected chi connectivity index (χ0v) is 43.5. The third-order valence-corrected chi connectivity index (χ3v) is 9.69. The van der Waals surface area contributed by atoms with Crippen molar-refractivity contribution in [1.82, 2.24) is 37.2 Å². The van der Waals surface area contributed by atoms with Gasteiger partial charge < -0.3 is 67.7 Å². The third kappa shape index (κ3) is 26.1. The van der Waals surface area contributed by atoms with Gasteiger partial charge in [-0.15, -0.1) is 0 Å². The first-order chi connectivity index (χ1) is 35.9. The predicted octanol–water partition coefficient (Wildman–Crippen LogP) is 4.55. The van der Waals surface area contributed by atoms with E-state index in [0.717, 1.165) is 29.8 Å². The standard InChI is InChI=1S/C26H32F2N4O6.C15H23N3O3.C11H11F2NO4.CH4/c1-15(31-24(36)21(33)17-12-18(27)14-19(28)13-17)22(34)32-20(16-8-6-5-7-9-16)23(35)29-10-11-30-25(37)38-26(2,3)4;1-15(2,3)21-14(20)18-10-9-17-13(19)12(16)11-7-5-4-6-8-11;1-5(11(17)18)14-10(16)9(15)6-2-7(12)4-8(13)3-6;/h5-9,12-15,20-21,33H,10-11H2,1-4H3,(H,29,35)(H,30,37)(H,31,36)(H,32,34);4-8,12H,9-10,16H2,1-3H3,(H,17,19)(H,18,20);2-5,9,15H,1H3,(H,14,16)(H,17,18);1H4/t15-,20-,21?;12-;5-,9?;/m000./s1. The summed E-state index contributed by atoms with van der Waals surface area (Å²) in [5, 5.41) is 45.4. The van der Waals surface area contributed by atoms with Gasteiger partial charge in [0.1, 0.15) is 58.6 Å². The average Bonchev–Trinajstić information content (AvgIpc) is 3.34. The Balaban J connectivity index is 0.000000641. The van der Waals surface area contributed by atoms with Crippen LogP contribution in [-0.4, -0.2) is 112 Å². The van der Waals surface area contributed by atoms with Crippen LogP contribution < -0.4 is 43.0 Å². The lowest BCUT2D eigenvalue weighted by molar-refractivity contribution is -0.143. The van der Waals surface area contributed by atoms with E-state index >= 15 is 0 Å². The fraction of sp³-hybridized carbons (Fsp3) is 0.396. The smallest absolute Gasteiger partial charge is 0.407 e. The van der Waals surface area contributed by atoms with Crippen molar-refractivity contribution in [3.8, 4) is 0 Å². The van der Waals surface area contributed by atoms with Gasteiger partial charge >= 0.3 is 18.2 Å². The molecule has 0 saturated heterocycles. The summed E-state index contributed by atoms with van der Waals surface area (Å²) in [6.45, 7) is 13.7. The van der Waals surface area contributed by atoms with Gasteiger partial charge in [0.15, 0.2) is 12.2 Å². The molecule has 12 N–H and O–H groups in total. The Kier molecular flexibility index (Phi) is 28.2. The number of benzene rings is 4. The molecule has 4 aromatic rings. The van der Waals surface area contributed by atoms with Crippen LogP contribution in [0.2, 0.25) is 0 Å². The lowest BCUT2D eigenvalue weighted by Crippen LogP contribution is -2.50. The quantitative estimate of drug-likeness (QED) is 0.0454. The molecular weight excluding hydrogens is 1030 g/mol. The van der Waals surface area contributed by atoms with E-state index in [1.165, 1.54) is 13.8 Å². The number of carbonyl (C=O) groups is 8. The van der Waals surface area contributed by atoms with Crippen LogP contribution in [0.15, 0.2) is 97.1 Å². The number of halogens is 4. The van der Waals surface area contributed by atoms with E-state index in [1.54, 1.807) is 84.0 Å². The van der Waals surface area contributed by atoms with Crippen LogP contribution in [0.4, 0.5) is 27.2 Å².